The van der Waals surface area contributed by atoms with Crippen molar-refractivity contribution in [3.8, 4) is 0 Å². The first-order chi connectivity index (χ1) is 9.35. The van der Waals surface area contributed by atoms with Crippen LogP contribution >= 0.6 is 0 Å². The van der Waals surface area contributed by atoms with E-state index in [0.717, 1.165) is 11.0 Å². The number of pyridine rings is 1. The Morgan fingerprint density at radius 3 is 2.25 bits per heavy atom. The van der Waals surface area contributed by atoms with Gasteiger partial charge in [-0.2, -0.15) is 4.91 Å². The molecule has 1 aromatic rings. The van der Waals surface area contributed by atoms with Crippen LogP contribution in [0.15, 0.2) is 18.2 Å². The van der Waals surface area contributed by atoms with Crippen molar-refractivity contribution >= 4 is 24.3 Å². The van der Waals surface area contributed by atoms with Crippen molar-refractivity contribution in [1.29, 1.82) is 5.59 Å². The van der Waals surface area contributed by atoms with Crippen molar-refractivity contribution in [3.63, 3.8) is 0 Å². The Kier molecular flexibility index (Phi) is 3.46. The predicted molar refractivity (Wildman–Crippen MR) is 84.1 cm³/mol. The van der Waals surface area contributed by atoms with E-state index in [1.807, 2.05) is 0 Å². The van der Waals surface area contributed by atoms with Crippen molar-refractivity contribution in [2.75, 3.05) is 0 Å². The first kappa shape index (κ1) is 14.4. The number of allylic oxidation sites excluding steroid dienone is 2. The normalized spacial score (nSPS) is 19.6. The molecule has 0 spiro atoms. The second-order valence-electron chi connectivity index (χ2n) is 6.54. The third kappa shape index (κ3) is 2.77. The number of aromatic nitrogens is 1. The molecule has 0 unspecified atom stereocenters. The van der Waals surface area contributed by atoms with Gasteiger partial charge in [0.2, 0.25) is 0 Å². The lowest BCUT2D eigenvalue weighted by molar-refractivity contribution is 0.663. The molecule has 0 radical (unpaired) electrons. The molecule has 0 fully saturated rings. The Labute approximate surface area is 119 Å². The minimum atomic E-state index is 0.107. The molecule has 0 amide bonds. The fourth-order valence-electron chi connectivity index (χ4n) is 2.52. The number of nitrogens with zero attached hydrogens (tertiary/aromatic N) is 1. The lowest BCUT2D eigenvalue weighted by Gasteiger charge is -2.21. The summed E-state index contributed by atoms with van der Waals surface area (Å²) in [5.41, 5.74) is 7.06. The van der Waals surface area contributed by atoms with Gasteiger partial charge in [-0.15, -0.1) is 0 Å². The SMILES string of the molecule is CC1(C)C=Cc2nc3c(cc2=C1)C=CC(C)(C)C=3.N=O. The van der Waals surface area contributed by atoms with Gasteiger partial charge in [-0.3, -0.25) is 0 Å². The fraction of sp³-hybridized carbons (Fsp3) is 0.353. The number of rotatable bonds is 0. The number of hydrogen-bond acceptors (Lipinski definition) is 3. The molecule has 3 heteroatoms. The summed E-state index contributed by atoms with van der Waals surface area (Å²) in [6, 6.07) is 2.26. The van der Waals surface area contributed by atoms with E-state index < -0.39 is 0 Å². The van der Waals surface area contributed by atoms with Crippen LogP contribution in [0.5, 0.6) is 0 Å². The standard InChI is InChI=1S/C17H19N.HNO/c1-16(2)8-6-14-13(10-16)9-12-5-7-17(3,4)11-15(12)18-14;1-2/h5-11H,1-4H3;1H. The molecule has 2 aliphatic carbocycles. The highest BCUT2D eigenvalue weighted by Gasteiger charge is 2.18. The maximum absolute atomic E-state index is 7.50. The molecule has 0 saturated heterocycles. The van der Waals surface area contributed by atoms with E-state index >= 15 is 0 Å². The summed E-state index contributed by atoms with van der Waals surface area (Å²) < 4.78 is 0. The summed E-state index contributed by atoms with van der Waals surface area (Å²) in [5.74, 6) is 0. The minimum Gasteiger partial charge on any atom is -0.248 e. The maximum Gasteiger partial charge on any atom is 0.0703 e. The Hall–Kier alpha value is -2.03. The summed E-state index contributed by atoms with van der Waals surface area (Å²) in [7, 11) is 0. The van der Waals surface area contributed by atoms with Crippen molar-refractivity contribution in [3.05, 3.63) is 45.0 Å². The average Bonchev–Trinajstić information content (AvgIpc) is 2.37. The van der Waals surface area contributed by atoms with Gasteiger partial charge in [0, 0.05) is 16.4 Å². The Bertz CT molecular complexity index is 647. The lowest BCUT2D eigenvalue weighted by atomic mass is 9.85. The van der Waals surface area contributed by atoms with E-state index in [-0.39, 0.29) is 10.8 Å². The molecule has 3 nitrogen and oxygen atoms in total. The molecule has 104 valence electrons. The number of nitroso groups, excluding NO2 is 1. The Morgan fingerprint density at radius 1 is 0.950 bits per heavy atom. The van der Waals surface area contributed by atoms with Crippen LogP contribution in [0.4, 0.5) is 0 Å². The molecule has 0 bridgehead atoms. The maximum atomic E-state index is 7.50. The molecule has 1 N–H and O–H groups in total. The van der Waals surface area contributed by atoms with Crippen molar-refractivity contribution in [2.24, 2.45) is 10.8 Å². The minimum absolute atomic E-state index is 0.107. The summed E-state index contributed by atoms with van der Waals surface area (Å²) in [4.78, 5) is 12.3. The zero-order valence-corrected chi connectivity index (χ0v) is 12.4. The monoisotopic (exact) mass is 268 g/mol. The van der Waals surface area contributed by atoms with E-state index in [0.29, 0.717) is 0 Å². The summed E-state index contributed by atoms with van der Waals surface area (Å²) in [6.07, 6.45) is 13.3. The second kappa shape index (κ2) is 4.82. The zero-order valence-electron chi connectivity index (χ0n) is 12.4. The van der Waals surface area contributed by atoms with Gasteiger partial charge in [-0.1, -0.05) is 57.6 Å². The van der Waals surface area contributed by atoms with Gasteiger partial charge in [0.25, 0.3) is 0 Å². The van der Waals surface area contributed by atoms with Gasteiger partial charge in [0.15, 0.2) is 0 Å². The topological polar surface area (TPSA) is 53.8 Å². The first-order valence-electron chi connectivity index (χ1n) is 6.70. The molecule has 2 aliphatic rings. The van der Waals surface area contributed by atoms with E-state index in [1.54, 1.807) is 0 Å². The van der Waals surface area contributed by atoms with Gasteiger partial charge in [0.05, 0.1) is 11.0 Å². The number of fused-ring (bicyclic) bond motifs is 2. The molecule has 1 heterocycles. The van der Waals surface area contributed by atoms with E-state index in [4.69, 9.17) is 9.89 Å². The lowest BCUT2D eigenvalue weighted by Crippen LogP contribution is -2.28. The van der Waals surface area contributed by atoms with Crippen LogP contribution in [0.1, 0.15) is 39.0 Å². The van der Waals surface area contributed by atoms with Crippen LogP contribution < -0.4 is 10.6 Å². The zero-order chi connectivity index (χ0) is 15.0. The fourth-order valence-corrected chi connectivity index (χ4v) is 2.52. The van der Waals surface area contributed by atoms with Gasteiger partial charge < -0.3 is 0 Å². The van der Waals surface area contributed by atoms with Crippen LogP contribution in [-0.4, -0.2) is 4.98 Å². The molecule has 1 aromatic heterocycles. The largest absolute Gasteiger partial charge is 0.248 e. The van der Waals surface area contributed by atoms with Crippen LogP contribution in [0.3, 0.4) is 0 Å². The van der Waals surface area contributed by atoms with E-state index in [9.17, 15) is 0 Å². The van der Waals surface area contributed by atoms with Gasteiger partial charge in [-0.05, 0) is 23.4 Å². The third-order valence-electron chi connectivity index (χ3n) is 3.54. The first-order valence-corrected chi connectivity index (χ1v) is 6.70. The average molecular weight is 268 g/mol. The van der Waals surface area contributed by atoms with E-state index in [1.165, 1.54) is 10.8 Å². The molecule has 3 rings (SSSR count). The molecule has 20 heavy (non-hydrogen) atoms. The smallest absolute Gasteiger partial charge is 0.0703 e. The van der Waals surface area contributed by atoms with Crippen LogP contribution in [0.2, 0.25) is 0 Å². The van der Waals surface area contributed by atoms with Crippen molar-refractivity contribution in [2.45, 2.75) is 27.7 Å². The highest BCUT2D eigenvalue weighted by Crippen LogP contribution is 2.25. The quantitative estimate of drug-likeness (QED) is 0.735. The highest BCUT2D eigenvalue weighted by atomic mass is 16.2. The highest BCUT2D eigenvalue weighted by molar-refractivity contribution is 5.64. The summed E-state index contributed by atoms with van der Waals surface area (Å²) in [5, 5.41) is 2.36. The predicted octanol–water partition coefficient (Wildman–Crippen LogP) is 3.08. The Balaban J connectivity index is 0.000000704. The van der Waals surface area contributed by atoms with E-state index in [2.05, 4.69) is 75.8 Å². The second-order valence-corrected chi connectivity index (χ2v) is 6.54. The summed E-state index contributed by atoms with van der Waals surface area (Å²) >= 11 is 0. The number of hydrogen-bond donors (Lipinski definition) is 1. The van der Waals surface area contributed by atoms with Crippen LogP contribution in [-0.2, 0) is 0 Å². The molecular formula is C17H20N2O. The summed E-state index contributed by atoms with van der Waals surface area (Å²) in [6.45, 7) is 8.85. The number of nitrogens with one attached hydrogen (secondary N) is 1. The Morgan fingerprint density at radius 2 is 1.55 bits per heavy atom. The van der Waals surface area contributed by atoms with Crippen molar-refractivity contribution in [1.82, 2.24) is 4.98 Å². The molecular weight excluding hydrogens is 248 g/mol. The third-order valence-corrected chi connectivity index (χ3v) is 3.54. The van der Waals surface area contributed by atoms with Gasteiger partial charge >= 0.3 is 0 Å². The molecule has 0 atom stereocenters. The van der Waals surface area contributed by atoms with Crippen molar-refractivity contribution < 1.29 is 0 Å². The molecule has 0 aliphatic heterocycles. The van der Waals surface area contributed by atoms with Crippen LogP contribution in [0.25, 0.3) is 24.3 Å². The van der Waals surface area contributed by atoms with Gasteiger partial charge in [0.1, 0.15) is 0 Å². The van der Waals surface area contributed by atoms with Crippen LogP contribution in [0, 0.1) is 21.3 Å². The van der Waals surface area contributed by atoms with Gasteiger partial charge in [-0.25, -0.2) is 4.98 Å². The molecule has 0 aromatic carbocycles. The molecule has 0 saturated carbocycles.